The second-order valence-corrected chi connectivity index (χ2v) is 3.70. The normalized spacial score (nSPS) is 11.5. The van der Waals surface area contributed by atoms with Crippen LogP contribution in [0.15, 0.2) is 36.4 Å². The van der Waals surface area contributed by atoms with E-state index in [9.17, 15) is 0 Å². The highest BCUT2D eigenvalue weighted by Gasteiger charge is 1.97. The van der Waals surface area contributed by atoms with Crippen molar-refractivity contribution >= 4 is 30.6 Å². The van der Waals surface area contributed by atoms with Gasteiger partial charge in [-0.05, 0) is 22.8 Å². The lowest BCUT2D eigenvalue weighted by atomic mass is 10.1. The lowest BCUT2D eigenvalue weighted by molar-refractivity contribution is 0.655. The maximum atomic E-state index is 8.96. The van der Waals surface area contributed by atoms with E-state index < -0.39 is 0 Å². The lowest BCUT2D eigenvalue weighted by Gasteiger charge is -2.02. The van der Waals surface area contributed by atoms with Gasteiger partial charge < -0.3 is 10.6 Å². The maximum Gasteiger partial charge on any atom is 0.0420 e. The Morgan fingerprint density at radius 3 is 2.77 bits per heavy atom. The molecule has 0 fully saturated rings. The molecule has 2 rings (SSSR count). The van der Waals surface area contributed by atoms with Gasteiger partial charge in [-0.2, -0.15) is 0 Å². The molecule has 0 radical (unpaired) electrons. The number of nitrogen functional groups attached to an aromatic ring is 1. The zero-order valence-corrected chi connectivity index (χ0v) is 7.99. The van der Waals surface area contributed by atoms with E-state index in [1.165, 1.54) is 0 Å². The molecule has 2 nitrogen and oxygen atoms in total. The van der Waals surface area contributed by atoms with Gasteiger partial charge in [0.15, 0.2) is 0 Å². The highest BCUT2D eigenvalue weighted by molar-refractivity contribution is 7.40. The van der Waals surface area contributed by atoms with Crippen LogP contribution in [0.5, 0.6) is 0 Å². The van der Waals surface area contributed by atoms with Gasteiger partial charge in [0.1, 0.15) is 0 Å². The summed E-state index contributed by atoms with van der Waals surface area (Å²) in [6.07, 6.45) is 0. The van der Waals surface area contributed by atoms with E-state index in [-0.39, 0.29) is 8.81 Å². The summed E-state index contributed by atoms with van der Waals surface area (Å²) < 4.78 is 0. The van der Waals surface area contributed by atoms with Crippen molar-refractivity contribution in [2.45, 2.75) is 0 Å². The number of nitrogens with two attached hydrogens (primary N) is 1. The first-order valence-corrected chi connectivity index (χ1v) is 4.94. The fourth-order valence-corrected chi connectivity index (χ4v) is 1.76. The molecule has 3 heteroatoms. The molecule has 0 spiro atoms. The molecular formula is C10H10NOP. The van der Waals surface area contributed by atoms with Crippen molar-refractivity contribution in [1.82, 2.24) is 0 Å². The molecule has 2 aromatic carbocycles. The van der Waals surface area contributed by atoms with Crippen LogP contribution < -0.4 is 11.0 Å². The third kappa shape index (κ3) is 1.51. The number of anilines is 1. The van der Waals surface area contributed by atoms with Crippen molar-refractivity contribution in [1.29, 1.82) is 0 Å². The van der Waals surface area contributed by atoms with Crippen LogP contribution in [0.1, 0.15) is 0 Å². The highest BCUT2D eigenvalue weighted by atomic mass is 31.1. The fraction of sp³-hybridized carbons (Fsp3) is 0. The smallest absolute Gasteiger partial charge is 0.0420 e. The summed E-state index contributed by atoms with van der Waals surface area (Å²) in [7, 11) is -0.151. The van der Waals surface area contributed by atoms with Crippen LogP contribution in [0, 0.1) is 0 Å². The van der Waals surface area contributed by atoms with Gasteiger partial charge in [0, 0.05) is 19.9 Å². The van der Waals surface area contributed by atoms with E-state index in [4.69, 9.17) is 10.6 Å². The van der Waals surface area contributed by atoms with Crippen molar-refractivity contribution in [2.24, 2.45) is 0 Å². The lowest BCUT2D eigenvalue weighted by Crippen LogP contribution is -1.94. The van der Waals surface area contributed by atoms with E-state index in [0.29, 0.717) is 0 Å². The van der Waals surface area contributed by atoms with Crippen LogP contribution in [0.4, 0.5) is 5.69 Å². The van der Waals surface area contributed by atoms with Gasteiger partial charge in [-0.25, -0.2) is 0 Å². The van der Waals surface area contributed by atoms with Crippen LogP contribution in [0.2, 0.25) is 0 Å². The van der Waals surface area contributed by atoms with Crippen LogP contribution in [0.25, 0.3) is 10.8 Å². The van der Waals surface area contributed by atoms with E-state index in [2.05, 4.69) is 0 Å². The number of hydrogen-bond acceptors (Lipinski definition) is 2. The van der Waals surface area contributed by atoms with Crippen molar-refractivity contribution in [2.75, 3.05) is 5.73 Å². The molecule has 0 aromatic heterocycles. The van der Waals surface area contributed by atoms with Crippen LogP contribution >= 0.6 is 8.81 Å². The minimum absolute atomic E-state index is 0.151. The molecule has 0 aliphatic carbocycles. The van der Waals surface area contributed by atoms with Crippen molar-refractivity contribution in [3.8, 4) is 0 Å². The first kappa shape index (κ1) is 8.49. The average Bonchev–Trinajstić information content (AvgIpc) is 2.18. The molecule has 0 aliphatic heterocycles. The summed E-state index contributed by atoms with van der Waals surface area (Å²) in [6.45, 7) is 0. The quantitative estimate of drug-likeness (QED) is 0.531. The Morgan fingerprint density at radius 1 is 1.15 bits per heavy atom. The molecule has 0 aliphatic rings. The van der Waals surface area contributed by atoms with E-state index in [1.54, 1.807) is 0 Å². The van der Waals surface area contributed by atoms with Crippen molar-refractivity contribution in [3.63, 3.8) is 0 Å². The largest absolute Gasteiger partial charge is 0.398 e. The zero-order valence-electron chi connectivity index (χ0n) is 6.99. The minimum atomic E-state index is -0.151. The first-order chi connectivity index (χ1) is 6.31. The molecule has 0 saturated heterocycles. The Bertz CT molecular complexity index is 442. The summed E-state index contributed by atoms with van der Waals surface area (Å²) >= 11 is 0. The predicted octanol–water partition coefficient (Wildman–Crippen LogP) is 1.63. The Labute approximate surface area is 78.2 Å². The monoisotopic (exact) mass is 191 g/mol. The molecular weight excluding hydrogens is 181 g/mol. The zero-order chi connectivity index (χ0) is 9.26. The van der Waals surface area contributed by atoms with Crippen LogP contribution in [-0.4, -0.2) is 4.89 Å². The van der Waals surface area contributed by atoms with Crippen molar-refractivity contribution in [3.05, 3.63) is 36.4 Å². The molecule has 0 bridgehead atoms. The summed E-state index contributed by atoms with van der Waals surface area (Å²) in [6, 6.07) is 11.6. The second-order valence-electron chi connectivity index (χ2n) is 2.89. The predicted molar refractivity (Wildman–Crippen MR) is 58.5 cm³/mol. The van der Waals surface area contributed by atoms with Gasteiger partial charge in [0.25, 0.3) is 0 Å². The Morgan fingerprint density at radius 2 is 2.00 bits per heavy atom. The van der Waals surface area contributed by atoms with Gasteiger partial charge in [0.2, 0.25) is 0 Å². The third-order valence-corrected chi connectivity index (χ3v) is 2.61. The van der Waals surface area contributed by atoms with E-state index >= 15 is 0 Å². The molecule has 66 valence electrons. The second kappa shape index (κ2) is 3.33. The van der Waals surface area contributed by atoms with Gasteiger partial charge in [-0.15, -0.1) is 0 Å². The highest BCUT2D eigenvalue weighted by Crippen LogP contribution is 2.20. The molecule has 13 heavy (non-hydrogen) atoms. The molecule has 0 amide bonds. The molecule has 0 heterocycles. The summed E-state index contributed by atoms with van der Waals surface area (Å²) in [5.41, 5.74) is 6.57. The number of rotatable bonds is 1. The molecule has 0 saturated carbocycles. The molecule has 2 aromatic rings. The Balaban J connectivity index is 2.72. The number of fused-ring (bicyclic) bond motifs is 1. The molecule has 3 N–H and O–H groups in total. The summed E-state index contributed by atoms with van der Waals surface area (Å²) in [5.74, 6) is 0. The van der Waals surface area contributed by atoms with Gasteiger partial charge in [0.05, 0.1) is 0 Å². The fourth-order valence-electron chi connectivity index (χ4n) is 1.38. The van der Waals surface area contributed by atoms with E-state index in [0.717, 1.165) is 21.8 Å². The van der Waals surface area contributed by atoms with Crippen LogP contribution in [0.3, 0.4) is 0 Å². The molecule has 1 unspecified atom stereocenters. The van der Waals surface area contributed by atoms with Crippen molar-refractivity contribution < 1.29 is 4.89 Å². The van der Waals surface area contributed by atoms with Gasteiger partial charge >= 0.3 is 0 Å². The standard InChI is InChI=1S/C10H10NOP/c11-10-3-1-2-7-6-8(13-12)4-5-9(7)10/h1-6,12-13H,11H2. The first-order valence-electron chi connectivity index (χ1n) is 3.99. The maximum absolute atomic E-state index is 8.96. The van der Waals surface area contributed by atoms with Gasteiger partial charge in [-0.3, -0.25) is 0 Å². The Kier molecular flexibility index (Phi) is 2.17. The topological polar surface area (TPSA) is 46.2 Å². The average molecular weight is 191 g/mol. The number of benzene rings is 2. The summed E-state index contributed by atoms with van der Waals surface area (Å²) in [4.78, 5) is 8.96. The van der Waals surface area contributed by atoms with Crippen LogP contribution in [-0.2, 0) is 0 Å². The van der Waals surface area contributed by atoms with E-state index in [1.807, 2.05) is 36.4 Å². The molecule has 1 atom stereocenters. The SMILES string of the molecule is Nc1cccc2cc(PO)ccc12. The summed E-state index contributed by atoms with van der Waals surface area (Å²) in [5, 5.41) is 3.07. The van der Waals surface area contributed by atoms with Gasteiger partial charge in [-0.1, -0.05) is 24.3 Å². The third-order valence-electron chi connectivity index (χ3n) is 2.04. The minimum Gasteiger partial charge on any atom is -0.398 e. The Hall–Kier alpha value is -1.11. The number of hydrogen-bond donors (Lipinski definition) is 2.